The molecule has 7 N–H and O–H groups in total. The second-order valence-electron chi connectivity index (χ2n) is 11.5. The Kier molecular flexibility index (Phi) is 8.25. The Bertz CT molecular complexity index is 2010. The van der Waals surface area contributed by atoms with Gasteiger partial charge in [-0.3, -0.25) is 27.9 Å². The number of imidazole rings is 1. The number of nitrogens with one attached hydrogen (secondary N) is 1. The zero-order valence-electron chi connectivity index (χ0n) is 24.5. The number of phosphoric acid groups is 1. The van der Waals surface area contributed by atoms with Crippen molar-refractivity contribution in [1.29, 1.82) is 0 Å². The molecule has 1 aliphatic carbocycles. The van der Waals surface area contributed by atoms with Crippen molar-refractivity contribution in [2.24, 2.45) is 5.92 Å². The fourth-order valence-corrected chi connectivity index (χ4v) is 9.79. The van der Waals surface area contributed by atoms with E-state index in [0.29, 0.717) is 11.2 Å². The number of methoxy groups -OCH3 is 1. The summed E-state index contributed by atoms with van der Waals surface area (Å²) in [6, 6.07) is 0. The number of fused-ring (bicyclic) bond motifs is 5. The van der Waals surface area contributed by atoms with Crippen LogP contribution in [-0.4, -0.2) is 94.7 Å². The van der Waals surface area contributed by atoms with Crippen molar-refractivity contribution >= 4 is 72.4 Å². The summed E-state index contributed by atoms with van der Waals surface area (Å²) in [6.07, 6.45) is -4.62. The van der Waals surface area contributed by atoms with Crippen molar-refractivity contribution in [2.45, 2.75) is 55.5 Å². The minimum atomic E-state index is -4.93. The van der Waals surface area contributed by atoms with Crippen LogP contribution in [0.2, 0.25) is 0 Å². The first-order valence-corrected chi connectivity index (χ1v) is 18.9. The number of H-pyrrole nitrogens is 1. The van der Waals surface area contributed by atoms with Crippen LogP contribution in [0.4, 0.5) is 11.8 Å². The predicted octanol–water partition coefficient (Wildman–Crippen LogP) is 0.890. The molecule has 24 heteroatoms. The highest BCUT2D eigenvalue weighted by atomic mass is 32.7. The number of nitrogen functional groups attached to an aromatic ring is 2. The third-order valence-corrected chi connectivity index (χ3v) is 12.1. The molecule has 7 rings (SSSR count). The van der Waals surface area contributed by atoms with Crippen LogP contribution in [0.1, 0.15) is 24.3 Å². The number of hydrogen-bond donors (Lipinski definition) is 6. The Hall–Kier alpha value is -2.59. The first kappa shape index (κ1) is 32.9. The van der Waals surface area contributed by atoms with E-state index in [1.807, 2.05) is 0 Å². The van der Waals surface area contributed by atoms with Crippen molar-refractivity contribution in [3.63, 3.8) is 0 Å². The summed E-state index contributed by atoms with van der Waals surface area (Å²) in [7, 11) is -3.62. The predicted molar refractivity (Wildman–Crippen MR) is 166 cm³/mol. The summed E-state index contributed by atoms with van der Waals surface area (Å²) in [4.78, 5) is 42.7. The van der Waals surface area contributed by atoms with E-state index >= 15 is 0 Å². The Balaban J connectivity index is 1.24. The van der Waals surface area contributed by atoms with Gasteiger partial charge in [-0.1, -0.05) is 12.2 Å². The average molecular weight is 734 g/mol. The topological polar surface area (TPSA) is 284 Å². The minimum absolute atomic E-state index is 0.0324. The summed E-state index contributed by atoms with van der Waals surface area (Å²) in [5.41, 5.74) is 10.6. The number of hydrogen-bond acceptors (Lipinski definition) is 18. The molecule has 3 aliphatic rings. The molecule has 6 heterocycles. The van der Waals surface area contributed by atoms with Gasteiger partial charge in [-0.2, -0.15) is 4.37 Å². The molecule has 20 nitrogen and oxygen atoms in total. The lowest BCUT2D eigenvalue weighted by Gasteiger charge is -2.32. The number of aliphatic hydroxyl groups is 1. The van der Waals surface area contributed by atoms with E-state index in [1.165, 1.54) is 19.8 Å². The lowest BCUT2D eigenvalue weighted by atomic mass is 9.96. The van der Waals surface area contributed by atoms with Gasteiger partial charge < -0.3 is 35.5 Å². The quantitative estimate of drug-likeness (QED) is 0.126. The molecule has 2 saturated heterocycles. The normalized spacial score (nSPS) is 38.2. The Morgan fingerprint density at radius 2 is 1.94 bits per heavy atom. The maximum atomic E-state index is 13.7. The highest BCUT2D eigenvalue weighted by Gasteiger charge is 2.57. The zero-order chi connectivity index (χ0) is 33.5. The van der Waals surface area contributed by atoms with Crippen molar-refractivity contribution in [2.75, 3.05) is 31.8 Å². The van der Waals surface area contributed by atoms with Gasteiger partial charge in [-0.15, -0.1) is 0 Å². The van der Waals surface area contributed by atoms with Crippen LogP contribution in [0.25, 0.3) is 22.2 Å². The monoisotopic (exact) mass is 733 g/mol. The Labute approximate surface area is 273 Å². The number of aromatic amines is 1. The molecular formula is C23H29N9O11P2S2. The van der Waals surface area contributed by atoms with Gasteiger partial charge in [-0.05, 0) is 24.9 Å². The summed E-state index contributed by atoms with van der Waals surface area (Å²) < 4.78 is 67.3. The average Bonchev–Trinajstić information content (AvgIpc) is 3.76. The molecule has 2 aliphatic heterocycles. The highest BCUT2D eigenvalue weighted by molar-refractivity contribution is 8.44. The smallest absolute Gasteiger partial charge is 0.388 e. The molecule has 1 unspecified atom stereocenters. The van der Waals surface area contributed by atoms with Gasteiger partial charge in [-0.25, -0.2) is 29.1 Å². The van der Waals surface area contributed by atoms with Gasteiger partial charge in [0.1, 0.15) is 54.0 Å². The van der Waals surface area contributed by atoms with E-state index in [0.717, 1.165) is 11.5 Å². The lowest BCUT2D eigenvalue weighted by Crippen LogP contribution is -2.42. The molecule has 2 bridgehead atoms. The summed E-state index contributed by atoms with van der Waals surface area (Å²) in [5, 5.41) is 11.7. The molecule has 3 fully saturated rings. The molecule has 0 aromatic carbocycles. The summed E-state index contributed by atoms with van der Waals surface area (Å²) in [6.45, 7) is -3.54. The largest absolute Gasteiger partial charge is 0.472 e. The van der Waals surface area contributed by atoms with Crippen molar-refractivity contribution in [3.8, 4) is 0 Å². The van der Waals surface area contributed by atoms with Crippen molar-refractivity contribution < 1.29 is 46.7 Å². The molecule has 0 radical (unpaired) electrons. The van der Waals surface area contributed by atoms with Crippen LogP contribution in [0.15, 0.2) is 17.4 Å². The summed E-state index contributed by atoms with van der Waals surface area (Å²) >= 11 is 5.02. The van der Waals surface area contributed by atoms with Crippen LogP contribution >= 0.6 is 38.4 Å². The fourth-order valence-electron chi connectivity index (χ4n) is 6.41. The minimum Gasteiger partial charge on any atom is -0.388 e. The highest BCUT2D eigenvalue weighted by Crippen LogP contribution is 2.60. The first-order chi connectivity index (χ1) is 22.2. The van der Waals surface area contributed by atoms with E-state index in [1.54, 1.807) is 11.5 Å². The molecule has 0 spiro atoms. The van der Waals surface area contributed by atoms with Gasteiger partial charge in [0.2, 0.25) is 5.95 Å². The molecule has 254 valence electrons. The van der Waals surface area contributed by atoms with Gasteiger partial charge in [0, 0.05) is 13.0 Å². The number of ether oxygens (including phenoxy) is 2. The van der Waals surface area contributed by atoms with E-state index in [2.05, 4.69) is 41.5 Å². The third kappa shape index (κ3) is 5.69. The maximum absolute atomic E-state index is 13.7. The van der Waals surface area contributed by atoms with Gasteiger partial charge >= 0.3 is 14.6 Å². The molecule has 1 saturated carbocycles. The maximum Gasteiger partial charge on any atom is 0.472 e. The number of thiol groups is 1. The molecular weight excluding hydrogens is 704 g/mol. The standard InChI is InChI=1S/C23H29N9O11P2S2/c1-23(32-7-28-12-19(24)26-6-27-20(12)32)3-8-4-39-44(35,36)42-15-14(38-2)9(5-40-45(37,46)43-13(8)18(23)33)41-16(15)17-10-11(31-47-17)21(34)30-22(25)29-10/h6-9,13-16,18,33H,3-5H2,1-2H3,(H,35,36)(H,37,46)(H2,24,26,27)(H3,25,29,30,34)/t8-,9-,13-,14-,15-,16-,18-,23-,45-/m1/s1. The molecule has 47 heavy (non-hydrogen) atoms. The second-order valence-corrected chi connectivity index (χ2v) is 16.6. The van der Waals surface area contributed by atoms with Crippen molar-refractivity contribution in [1.82, 2.24) is 33.9 Å². The third-order valence-electron chi connectivity index (χ3n) is 8.59. The SMILES string of the molecule is CO[C@H]1[C@H]2OP(=O)(O)OC[C@H]3C[C@@](C)(n4cnc5c(N)ncnc54)[C@H](O)[C@@H]3O[P@](=O)(S)OC[C@H]1O[C@H]2c1snc2c(=O)[nH]c(N)nc12. The number of nitrogens with zero attached hydrogens (tertiary/aromatic N) is 6. The van der Waals surface area contributed by atoms with Crippen molar-refractivity contribution in [3.05, 3.63) is 27.9 Å². The fraction of sp³-hybridized carbons (Fsp3) is 0.565. The van der Waals surface area contributed by atoms with Crippen LogP contribution in [-0.2, 0) is 42.2 Å². The van der Waals surface area contributed by atoms with E-state index in [4.69, 9.17) is 39.0 Å². The molecule has 4 aromatic rings. The van der Waals surface area contributed by atoms with Crippen LogP contribution in [0, 0.1) is 5.92 Å². The van der Waals surface area contributed by atoms with Crippen LogP contribution < -0.4 is 17.0 Å². The van der Waals surface area contributed by atoms with Gasteiger partial charge in [0.15, 0.2) is 17.0 Å². The first-order valence-electron chi connectivity index (χ1n) is 14.0. The molecule has 10 atom stereocenters. The number of nitrogens with two attached hydrogens (primary N) is 2. The number of phosphoric ester groups is 1. The van der Waals surface area contributed by atoms with E-state index in [9.17, 15) is 23.9 Å². The molecule has 4 aromatic heterocycles. The number of aliphatic hydroxyl groups excluding tert-OH is 1. The van der Waals surface area contributed by atoms with E-state index in [-0.39, 0.29) is 34.1 Å². The zero-order valence-corrected chi connectivity index (χ0v) is 28.0. The number of aromatic nitrogens is 7. The lowest BCUT2D eigenvalue weighted by molar-refractivity contribution is -0.0392. The van der Waals surface area contributed by atoms with Gasteiger partial charge in [0.25, 0.3) is 5.56 Å². The molecule has 0 amide bonds. The van der Waals surface area contributed by atoms with Gasteiger partial charge in [0.05, 0.1) is 30.0 Å². The van der Waals surface area contributed by atoms with E-state index < -0.39 is 81.5 Å². The van der Waals surface area contributed by atoms with Crippen LogP contribution in [0.5, 0.6) is 0 Å². The summed E-state index contributed by atoms with van der Waals surface area (Å²) in [5.74, 6) is -0.915. The number of rotatable bonds is 3. The Morgan fingerprint density at radius 1 is 1.15 bits per heavy atom. The van der Waals surface area contributed by atoms with Crippen LogP contribution in [0.3, 0.4) is 0 Å². The Morgan fingerprint density at radius 3 is 2.70 bits per heavy atom. The second kappa shape index (κ2) is 11.8. The number of anilines is 2.